The van der Waals surface area contributed by atoms with Gasteiger partial charge in [0.05, 0.1) is 24.6 Å². The van der Waals surface area contributed by atoms with Gasteiger partial charge in [0, 0.05) is 12.3 Å². The summed E-state index contributed by atoms with van der Waals surface area (Å²) >= 11 is 3.23. The van der Waals surface area contributed by atoms with Crippen LogP contribution in [0, 0.1) is 0 Å². The highest BCUT2D eigenvalue weighted by molar-refractivity contribution is 9.10. The largest absolute Gasteiger partial charge is 0.481 e. The van der Waals surface area contributed by atoms with Crippen LogP contribution in [0.2, 0.25) is 0 Å². The lowest BCUT2D eigenvalue weighted by molar-refractivity contribution is 0.102. The molecule has 0 aliphatic heterocycles. The third kappa shape index (κ3) is 2.84. The summed E-state index contributed by atoms with van der Waals surface area (Å²) in [7, 11) is 1.54. The number of anilines is 1. The van der Waals surface area contributed by atoms with Crippen LogP contribution in [0.1, 0.15) is 10.4 Å². The van der Waals surface area contributed by atoms with Gasteiger partial charge in [-0.25, -0.2) is 9.97 Å². The lowest BCUT2D eigenvalue weighted by Gasteiger charge is -2.06. The number of ether oxygens (including phenoxy) is 1. The van der Waals surface area contributed by atoms with Crippen LogP contribution in [0.5, 0.6) is 5.88 Å². The third-order valence-electron chi connectivity index (χ3n) is 2.21. The summed E-state index contributed by atoms with van der Waals surface area (Å²) in [4.78, 5) is 19.9. The molecule has 2 aromatic heterocycles. The van der Waals surface area contributed by atoms with Crippen molar-refractivity contribution in [3.8, 4) is 5.88 Å². The van der Waals surface area contributed by atoms with Crippen LogP contribution >= 0.6 is 15.9 Å². The quantitative estimate of drug-likeness (QED) is 0.885. The molecule has 0 saturated heterocycles. The van der Waals surface area contributed by atoms with E-state index in [1.54, 1.807) is 30.5 Å². The van der Waals surface area contributed by atoms with Gasteiger partial charge in [-0.1, -0.05) is 0 Å². The number of pyridine rings is 2. The lowest BCUT2D eigenvalue weighted by Crippen LogP contribution is -2.13. The Labute approximate surface area is 112 Å². The minimum Gasteiger partial charge on any atom is -0.481 e. The first-order valence-corrected chi connectivity index (χ1v) is 5.92. The summed E-state index contributed by atoms with van der Waals surface area (Å²) in [6.07, 6.45) is 3.14. The maximum atomic E-state index is 11.9. The summed E-state index contributed by atoms with van der Waals surface area (Å²) in [6, 6.07) is 6.78. The van der Waals surface area contributed by atoms with Crippen molar-refractivity contribution < 1.29 is 9.53 Å². The zero-order valence-electron chi connectivity index (χ0n) is 9.55. The molecule has 2 rings (SSSR count). The van der Waals surface area contributed by atoms with Crippen molar-refractivity contribution in [2.45, 2.75) is 0 Å². The Morgan fingerprint density at radius 3 is 2.78 bits per heavy atom. The van der Waals surface area contributed by atoms with Crippen LogP contribution < -0.4 is 10.1 Å². The van der Waals surface area contributed by atoms with E-state index in [4.69, 9.17) is 4.74 Å². The van der Waals surface area contributed by atoms with E-state index in [9.17, 15) is 4.79 Å². The fourth-order valence-corrected chi connectivity index (χ4v) is 1.76. The highest BCUT2D eigenvalue weighted by atomic mass is 79.9. The fourth-order valence-electron chi connectivity index (χ4n) is 1.33. The highest BCUT2D eigenvalue weighted by Gasteiger charge is 2.10. The molecule has 2 heterocycles. The number of hydrogen-bond acceptors (Lipinski definition) is 4. The van der Waals surface area contributed by atoms with Crippen molar-refractivity contribution in [1.29, 1.82) is 0 Å². The zero-order chi connectivity index (χ0) is 13.0. The molecule has 0 aromatic carbocycles. The molecule has 18 heavy (non-hydrogen) atoms. The standard InChI is InChI=1S/C12H10BrN3O2/c1-18-10-5-4-8(7-15-10)16-12(17)9-3-2-6-14-11(9)13/h2-7H,1H3,(H,16,17). The summed E-state index contributed by atoms with van der Waals surface area (Å²) in [6.45, 7) is 0. The molecular weight excluding hydrogens is 298 g/mol. The number of carbonyl (C=O) groups excluding carboxylic acids is 1. The van der Waals surface area contributed by atoms with Crippen molar-refractivity contribution in [1.82, 2.24) is 9.97 Å². The van der Waals surface area contributed by atoms with Gasteiger partial charge < -0.3 is 10.1 Å². The molecule has 0 radical (unpaired) electrons. The minimum absolute atomic E-state index is 0.248. The van der Waals surface area contributed by atoms with Gasteiger partial charge in [-0.15, -0.1) is 0 Å². The van der Waals surface area contributed by atoms with E-state index >= 15 is 0 Å². The summed E-state index contributed by atoms with van der Waals surface area (Å²) in [5.41, 5.74) is 1.06. The number of nitrogens with zero attached hydrogens (tertiary/aromatic N) is 2. The van der Waals surface area contributed by atoms with Crippen LogP contribution in [0.3, 0.4) is 0 Å². The maximum absolute atomic E-state index is 11.9. The van der Waals surface area contributed by atoms with E-state index in [0.717, 1.165) is 0 Å². The third-order valence-corrected chi connectivity index (χ3v) is 2.84. The Morgan fingerprint density at radius 1 is 1.33 bits per heavy atom. The Bertz CT molecular complexity index is 558. The van der Waals surface area contributed by atoms with Gasteiger partial charge in [-0.05, 0) is 34.1 Å². The molecular formula is C12H10BrN3O2. The monoisotopic (exact) mass is 307 g/mol. The van der Waals surface area contributed by atoms with Gasteiger partial charge in [0.1, 0.15) is 4.60 Å². The average molecular weight is 308 g/mol. The van der Waals surface area contributed by atoms with E-state index in [2.05, 4.69) is 31.2 Å². The second-order valence-electron chi connectivity index (χ2n) is 3.39. The van der Waals surface area contributed by atoms with Crippen LogP contribution in [-0.4, -0.2) is 23.0 Å². The topological polar surface area (TPSA) is 64.1 Å². The predicted molar refractivity (Wildman–Crippen MR) is 70.7 cm³/mol. The second-order valence-corrected chi connectivity index (χ2v) is 4.14. The molecule has 1 amide bonds. The van der Waals surface area contributed by atoms with Gasteiger partial charge in [0.25, 0.3) is 5.91 Å². The molecule has 2 aromatic rings. The normalized spacial score (nSPS) is 9.89. The van der Waals surface area contributed by atoms with Crippen LogP contribution in [-0.2, 0) is 0 Å². The first-order chi connectivity index (χ1) is 8.70. The summed E-state index contributed by atoms with van der Waals surface area (Å²) in [5.74, 6) is 0.248. The number of carbonyl (C=O) groups is 1. The molecule has 5 nitrogen and oxygen atoms in total. The van der Waals surface area contributed by atoms with E-state index in [1.165, 1.54) is 13.3 Å². The lowest BCUT2D eigenvalue weighted by atomic mass is 10.2. The first-order valence-electron chi connectivity index (χ1n) is 5.12. The van der Waals surface area contributed by atoms with Crippen molar-refractivity contribution in [3.63, 3.8) is 0 Å². The van der Waals surface area contributed by atoms with E-state index < -0.39 is 0 Å². The number of amides is 1. The van der Waals surface area contributed by atoms with E-state index in [0.29, 0.717) is 21.7 Å². The first kappa shape index (κ1) is 12.5. The molecule has 0 unspecified atom stereocenters. The minimum atomic E-state index is -0.248. The second kappa shape index (κ2) is 5.59. The molecule has 6 heteroatoms. The van der Waals surface area contributed by atoms with Gasteiger partial charge in [0.15, 0.2) is 0 Å². The van der Waals surface area contributed by atoms with E-state index in [-0.39, 0.29) is 5.91 Å². The smallest absolute Gasteiger partial charge is 0.258 e. The van der Waals surface area contributed by atoms with Crippen LogP contribution in [0.25, 0.3) is 0 Å². The summed E-state index contributed by atoms with van der Waals surface area (Å²) in [5, 5.41) is 2.72. The molecule has 0 spiro atoms. The van der Waals surface area contributed by atoms with Gasteiger partial charge in [0.2, 0.25) is 5.88 Å². The van der Waals surface area contributed by atoms with Crippen molar-refractivity contribution in [3.05, 3.63) is 46.8 Å². The Kier molecular flexibility index (Phi) is 3.88. The highest BCUT2D eigenvalue weighted by Crippen LogP contribution is 2.16. The predicted octanol–water partition coefficient (Wildman–Crippen LogP) is 2.50. The molecule has 0 atom stereocenters. The molecule has 0 fully saturated rings. The van der Waals surface area contributed by atoms with E-state index in [1.807, 2.05) is 0 Å². The Hall–Kier alpha value is -1.95. The number of nitrogens with one attached hydrogen (secondary N) is 1. The number of methoxy groups -OCH3 is 1. The van der Waals surface area contributed by atoms with Gasteiger partial charge in [-0.3, -0.25) is 4.79 Å². The molecule has 0 aliphatic carbocycles. The fraction of sp³-hybridized carbons (Fsp3) is 0.0833. The molecule has 0 bridgehead atoms. The zero-order valence-corrected chi connectivity index (χ0v) is 11.1. The number of rotatable bonds is 3. The van der Waals surface area contributed by atoms with Crippen LogP contribution in [0.15, 0.2) is 41.3 Å². The van der Waals surface area contributed by atoms with Gasteiger partial charge >= 0.3 is 0 Å². The Balaban J connectivity index is 2.14. The molecule has 0 aliphatic rings. The summed E-state index contributed by atoms with van der Waals surface area (Å²) < 4.78 is 5.44. The molecule has 92 valence electrons. The Morgan fingerprint density at radius 2 is 2.17 bits per heavy atom. The molecule has 0 saturated carbocycles. The SMILES string of the molecule is COc1ccc(NC(=O)c2cccnc2Br)cn1. The van der Waals surface area contributed by atoms with Crippen LogP contribution in [0.4, 0.5) is 5.69 Å². The number of aromatic nitrogens is 2. The van der Waals surface area contributed by atoms with Gasteiger partial charge in [-0.2, -0.15) is 0 Å². The molecule has 1 N–H and O–H groups in total. The number of halogens is 1. The number of hydrogen-bond donors (Lipinski definition) is 1. The van der Waals surface area contributed by atoms with Crippen molar-refractivity contribution >= 4 is 27.5 Å². The average Bonchev–Trinajstić information content (AvgIpc) is 2.40. The van der Waals surface area contributed by atoms with Crippen molar-refractivity contribution in [2.24, 2.45) is 0 Å². The maximum Gasteiger partial charge on any atom is 0.258 e. The van der Waals surface area contributed by atoms with Crippen molar-refractivity contribution in [2.75, 3.05) is 12.4 Å².